The van der Waals surface area contributed by atoms with Crippen molar-refractivity contribution in [1.82, 2.24) is 0 Å². The predicted molar refractivity (Wildman–Crippen MR) is 33.4 cm³/mol. The Labute approximate surface area is 64.6 Å². The van der Waals surface area contributed by atoms with Crippen molar-refractivity contribution < 1.29 is 23.7 Å². The molecule has 0 aliphatic rings. The first-order valence-electron chi connectivity index (χ1n) is 3.02. The minimum absolute atomic E-state index is 0.318. The fourth-order valence-electron chi connectivity index (χ4n) is 0.309. The molecule has 0 radical (unpaired) electrons. The maximum atomic E-state index is 10.7. The van der Waals surface area contributed by atoms with E-state index in [4.69, 9.17) is 0 Å². The normalized spacial score (nSPS) is 12.1. The number of phosphoric acid groups is 1. The third-order valence-corrected chi connectivity index (χ3v) is 1.45. The number of hydrogen-bond acceptors (Lipinski definition) is 5. The maximum Gasteiger partial charge on any atom is 0.161 e. The third kappa shape index (κ3) is 6.19. The number of rotatable bonds is 4. The lowest BCUT2D eigenvalue weighted by Crippen LogP contribution is -2.21. The van der Waals surface area contributed by atoms with E-state index in [1.165, 1.54) is 0 Å². The van der Waals surface area contributed by atoms with Crippen molar-refractivity contribution in [3.8, 4) is 0 Å². The van der Waals surface area contributed by atoms with Gasteiger partial charge in [-0.25, -0.2) is 0 Å². The van der Waals surface area contributed by atoms with Gasteiger partial charge in [-0.1, -0.05) is 13.8 Å². The molecule has 0 aromatic carbocycles. The molecule has 0 unspecified atom stereocenters. The van der Waals surface area contributed by atoms with E-state index in [9.17, 15) is 19.1 Å². The molecule has 0 saturated carbocycles. The molecule has 0 aliphatic heterocycles. The fraction of sp³-hybridized carbons (Fsp3) is 0.800. The van der Waals surface area contributed by atoms with Gasteiger partial charge in [0.1, 0.15) is 6.61 Å². The van der Waals surface area contributed by atoms with Gasteiger partial charge in [0, 0.05) is 5.92 Å². The Balaban J connectivity index is 3.73. The minimum atomic E-state index is -4.98. The summed E-state index contributed by atoms with van der Waals surface area (Å²) < 4.78 is 13.6. The summed E-state index contributed by atoms with van der Waals surface area (Å²) in [6.07, 6.45) is 0. The van der Waals surface area contributed by atoms with Crippen LogP contribution in [0.4, 0.5) is 0 Å². The van der Waals surface area contributed by atoms with Gasteiger partial charge < -0.3 is 18.9 Å². The van der Waals surface area contributed by atoms with E-state index in [0.717, 1.165) is 0 Å². The van der Waals surface area contributed by atoms with E-state index in [-0.39, 0.29) is 5.92 Å². The van der Waals surface area contributed by atoms with E-state index in [1.807, 2.05) is 0 Å². The Morgan fingerprint density at radius 1 is 1.55 bits per heavy atom. The second kappa shape index (κ2) is 3.97. The molecule has 0 heterocycles. The van der Waals surface area contributed by atoms with E-state index in [1.54, 1.807) is 13.8 Å². The molecule has 0 bridgehead atoms. The smallest absolute Gasteiger partial charge is 0.161 e. The lowest BCUT2D eigenvalue weighted by molar-refractivity contribution is -0.341. The zero-order valence-corrected chi connectivity index (χ0v) is 7.17. The first-order valence-corrected chi connectivity index (χ1v) is 4.48. The molecule has 66 valence electrons. The molecular weight excluding hydrogens is 171 g/mol. The van der Waals surface area contributed by atoms with Crippen molar-refractivity contribution in [2.45, 2.75) is 13.8 Å². The van der Waals surface area contributed by atoms with Crippen molar-refractivity contribution in [1.29, 1.82) is 0 Å². The molecule has 0 rings (SSSR count). The third-order valence-electron chi connectivity index (χ3n) is 1.01. The van der Waals surface area contributed by atoms with Gasteiger partial charge in [-0.05, 0) is 0 Å². The summed E-state index contributed by atoms with van der Waals surface area (Å²) in [5.74, 6) is -0.724. The van der Waals surface area contributed by atoms with E-state index in [2.05, 4.69) is 4.52 Å². The van der Waals surface area contributed by atoms with Crippen molar-refractivity contribution >= 4 is 13.6 Å². The summed E-state index contributed by atoms with van der Waals surface area (Å²) in [5.41, 5.74) is 0. The largest absolute Gasteiger partial charge is 0.790 e. The lowest BCUT2D eigenvalue weighted by Gasteiger charge is -2.28. The monoisotopic (exact) mass is 180 g/mol. The number of carbonyl (C=O) groups is 1. The molecular formula is C5H9O5P-2. The zero-order chi connectivity index (χ0) is 9.07. The molecule has 0 fully saturated rings. The molecule has 0 spiro atoms. The van der Waals surface area contributed by atoms with Gasteiger partial charge in [-0.3, -0.25) is 4.79 Å². The van der Waals surface area contributed by atoms with Gasteiger partial charge in [-0.2, -0.15) is 0 Å². The molecule has 6 heteroatoms. The van der Waals surface area contributed by atoms with Gasteiger partial charge in [0.2, 0.25) is 0 Å². The van der Waals surface area contributed by atoms with Crippen LogP contribution in [0.3, 0.4) is 0 Å². The summed E-state index contributed by atoms with van der Waals surface area (Å²) in [7, 11) is -4.98. The number of ketones is 1. The summed E-state index contributed by atoms with van der Waals surface area (Å²) >= 11 is 0. The highest BCUT2D eigenvalue weighted by atomic mass is 31.2. The van der Waals surface area contributed by atoms with Crippen LogP contribution in [0.2, 0.25) is 0 Å². The molecule has 5 nitrogen and oxygen atoms in total. The molecule has 0 amide bonds. The Bertz CT molecular complexity index is 181. The molecule has 0 saturated heterocycles. The molecule has 0 aromatic rings. The van der Waals surface area contributed by atoms with Crippen LogP contribution >= 0.6 is 7.82 Å². The van der Waals surface area contributed by atoms with E-state index < -0.39 is 20.2 Å². The topological polar surface area (TPSA) is 89.5 Å². The fourth-order valence-corrected chi connectivity index (χ4v) is 0.595. The highest BCUT2D eigenvalue weighted by Crippen LogP contribution is 2.24. The first kappa shape index (κ1) is 10.8. The SMILES string of the molecule is CC(C)C(=O)COP(=O)([O-])[O-]. The van der Waals surface area contributed by atoms with Gasteiger partial charge in [0.25, 0.3) is 0 Å². The van der Waals surface area contributed by atoms with Gasteiger partial charge in [-0.15, -0.1) is 0 Å². The summed E-state index contributed by atoms with van der Waals surface area (Å²) in [5, 5.41) is 0. The Kier molecular flexibility index (Phi) is 3.89. The molecule has 11 heavy (non-hydrogen) atoms. The quantitative estimate of drug-likeness (QED) is 0.520. The Morgan fingerprint density at radius 2 is 2.00 bits per heavy atom. The molecule has 0 aliphatic carbocycles. The van der Waals surface area contributed by atoms with Crippen LogP contribution in [0.25, 0.3) is 0 Å². The van der Waals surface area contributed by atoms with Gasteiger partial charge >= 0.3 is 0 Å². The van der Waals surface area contributed by atoms with Crippen molar-refractivity contribution in [2.75, 3.05) is 6.61 Å². The number of phosphoric ester groups is 1. The molecule has 0 aromatic heterocycles. The maximum absolute atomic E-state index is 10.7. The number of hydrogen-bond donors (Lipinski definition) is 0. The van der Waals surface area contributed by atoms with Crippen molar-refractivity contribution in [2.24, 2.45) is 5.92 Å². The molecule has 0 N–H and O–H groups in total. The number of Topliss-reactive ketones (excluding diaryl/α,β-unsaturated/α-hetero) is 1. The highest BCUT2D eigenvalue weighted by Gasteiger charge is 2.07. The van der Waals surface area contributed by atoms with Crippen molar-refractivity contribution in [3.63, 3.8) is 0 Å². The average Bonchev–Trinajstić information content (AvgIpc) is 1.80. The zero-order valence-electron chi connectivity index (χ0n) is 6.27. The van der Waals surface area contributed by atoms with Crippen LogP contribution in [0.15, 0.2) is 0 Å². The number of carbonyl (C=O) groups excluding carboxylic acids is 1. The Morgan fingerprint density at radius 3 is 2.27 bits per heavy atom. The van der Waals surface area contributed by atoms with Crippen LogP contribution in [-0.2, 0) is 13.9 Å². The van der Waals surface area contributed by atoms with Crippen LogP contribution < -0.4 is 9.79 Å². The van der Waals surface area contributed by atoms with Crippen LogP contribution in [0, 0.1) is 5.92 Å². The highest BCUT2D eigenvalue weighted by molar-refractivity contribution is 7.43. The van der Waals surface area contributed by atoms with Crippen LogP contribution in [0.5, 0.6) is 0 Å². The second-order valence-electron chi connectivity index (χ2n) is 2.34. The van der Waals surface area contributed by atoms with E-state index >= 15 is 0 Å². The lowest BCUT2D eigenvalue weighted by atomic mass is 10.1. The molecule has 0 atom stereocenters. The summed E-state index contributed by atoms with van der Waals surface area (Å²) in [4.78, 5) is 30.4. The van der Waals surface area contributed by atoms with E-state index in [0.29, 0.717) is 0 Å². The average molecular weight is 180 g/mol. The Hall–Kier alpha value is -0.220. The van der Waals surface area contributed by atoms with Crippen LogP contribution in [0.1, 0.15) is 13.8 Å². The van der Waals surface area contributed by atoms with Crippen LogP contribution in [-0.4, -0.2) is 12.4 Å². The second-order valence-corrected chi connectivity index (χ2v) is 3.49. The van der Waals surface area contributed by atoms with Gasteiger partial charge in [0.15, 0.2) is 5.78 Å². The first-order chi connectivity index (χ1) is 4.83. The summed E-state index contributed by atoms with van der Waals surface area (Å²) in [6, 6.07) is 0. The summed E-state index contributed by atoms with van der Waals surface area (Å²) in [6.45, 7) is 2.53. The van der Waals surface area contributed by atoms with Gasteiger partial charge in [0.05, 0.1) is 7.82 Å². The predicted octanol–water partition coefficient (Wildman–Crippen LogP) is -0.943. The minimum Gasteiger partial charge on any atom is -0.790 e. The van der Waals surface area contributed by atoms with Crippen molar-refractivity contribution in [3.05, 3.63) is 0 Å². The standard InChI is InChI=1S/C5H11O5P/c1-4(2)5(6)3-10-11(7,8)9/h4H,3H2,1-2H3,(H2,7,8,9)/p-2.